The van der Waals surface area contributed by atoms with Crippen LogP contribution in [-0.2, 0) is 15.8 Å². The Morgan fingerprint density at radius 2 is 2.10 bits per heavy atom. The van der Waals surface area contributed by atoms with Crippen LogP contribution in [0.15, 0.2) is 24.3 Å². The average Bonchev–Trinajstić information content (AvgIpc) is 2.37. The highest BCUT2D eigenvalue weighted by atomic mass is 32.2. The zero-order chi connectivity index (χ0) is 15.2. The molecule has 1 rings (SSSR count). The van der Waals surface area contributed by atoms with Crippen LogP contribution in [0, 0.1) is 0 Å². The van der Waals surface area contributed by atoms with Gasteiger partial charge in [0, 0.05) is 17.4 Å². The molecule has 20 heavy (non-hydrogen) atoms. The minimum atomic E-state index is -3.40. The fourth-order valence-corrected chi connectivity index (χ4v) is 4.35. The molecule has 1 aromatic rings. The largest absolute Gasteiger partial charge is 0.389 e. The molecule has 0 aromatic heterocycles. The Bertz CT molecular complexity index is 558. The predicted octanol–water partition coefficient (Wildman–Crippen LogP) is 1.88. The van der Waals surface area contributed by atoms with Gasteiger partial charge in [-0.25, -0.2) is 13.1 Å². The second-order valence-electron chi connectivity index (χ2n) is 4.46. The van der Waals surface area contributed by atoms with E-state index in [0.29, 0.717) is 11.1 Å². The van der Waals surface area contributed by atoms with Gasteiger partial charge in [-0.15, -0.1) is 0 Å². The number of sulfonamides is 1. The first-order chi connectivity index (χ1) is 9.39. The van der Waals surface area contributed by atoms with Crippen molar-refractivity contribution in [3.8, 4) is 0 Å². The number of nitrogens with one attached hydrogen (secondary N) is 1. The van der Waals surface area contributed by atoms with Crippen LogP contribution in [0.2, 0.25) is 0 Å². The first-order valence-electron chi connectivity index (χ1n) is 6.26. The summed E-state index contributed by atoms with van der Waals surface area (Å²) in [6, 6.07) is 7.01. The van der Waals surface area contributed by atoms with E-state index < -0.39 is 10.0 Å². The molecule has 0 spiro atoms. The molecule has 1 unspecified atom stereocenters. The minimum Gasteiger partial charge on any atom is -0.389 e. The normalized spacial score (nSPS) is 13.1. The van der Waals surface area contributed by atoms with E-state index in [9.17, 15) is 8.42 Å². The van der Waals surface area contributed by atoms with Crippen molar-refractivity contribution in [2.45, 2.75) is 25.1 Å². The SMILES string of the molecule is CCC(CSC)NS(=O)(=O)Cc1ccccc1C(N)=S. The Labute approximate surface area is 130 Å². The van der Waals surface area contributed by atoms with E-state index in [0.717, 1.165) is 12.2 Å². The standard InChI is InChI=1S/C13H20N2O2S3/c1-3-11(8-19-2)15-20(16,17)9-10-6-4-5-7-12(10)13(14)18/h4-7,11,15H,3,8-9H2,1-2H3,(H2,14,18). The maximum absolute atomic E-state index is 12.2. The molecule has 0 radical (unpaired) electrons. The van der Waals surface area contributed by atoms with Gasteiger partial charge >= 0.3 is 0 Å². The van der Waals surface area contributed by atoms with Gasteiger partial charge in [0.2, 0.25) is 10.0 Å². The molecule has 112 valence electrons. The molecule has 0 aliphatic rings. The summed E-state index contributed by atoms with van der Waals surface area (Å²) in [5.41, 5.74) is 6.87. The van der Waals surface area contributed by atoms with Gasteiger partial charge in [-0.2, -0.15) is 11.8 Å². The smallest absolute Gasteiger partial charge is 0.216 e. The van der Waals surface area contributed by atoms with E-state index in [1.807, 2.05) is 13.2 Å². The Morgan fingerprint density at radius 3 is 2.65 bits per heavy atom. The monoisotopic (exact) mass is 332 g/mol. The first kappa shape index (κ1) is 17.4. The third-order valence-corrected chi connectivity index (χ3v) is 5.17. The Kier molecular flexibility index (Phi) is 6.94. The molecule has 3 N–H and O–H groups in total. The van der Waals surface area contributed by atoms with Gasteiger partial charge in [0.1, 0.15) is 4.99 Å². The van der Waals surface area contributed by atoms with Crippen LogP contribution in [-0.4, -0.2) is 31.5 Å². The van der Waals surface area contributed by atoms with Gasteiger partial charge in [-0.3, -0.25) is 0 Å². The van der Waals surface area contributed by atoms with Crippen LogP contribution in [0.5, 0.6) is 0 Å². The van der Waals surface area contributed by atoms with Crippen LogP contribution < -0.4 is 10.5 Å². The van der Waals surface area contributed by atoms with Crippen LogP contribution in [0.4, 0.5) is 0 Å². The maximum Gasteiger partial charge on any atom is 0.216 e. The van der Waals surface area contributed by atoms with E-state index in [1.165, 1.54) is 0 Å². The quantitative estimate of drug-likeness (QED) is 0.711. The molecule has 0 bridgehead atoms. The van der Waals surface area contributed by atoms with Gasteiger partial charge < -0.3 is 5.73 Å². The van der Waals surface area contributed by atoms with Crippen molar-refractivity contribution in [3.05, 3.63) is 35.4 Å². The number of benzene rings is 1. The first-order valence-corrected chi connectivity index (χ1v) is 9.71. The average molecular weight is 333 g/mol. The van der Waals surface area contributed by atoms with E-state index in [2.05, 4.69) is 4.72 Å². The van der Waals surface area contributed by atoms with E-state index in [1.54, 1.807) is 36.0 Å². The molecule has 0 aliphatic carbocycles. The minimum absolute atomic E-state index is 0.0491. The van der Waals surface area contributed by atoms with Crippen molar-refractivity contribution < 1.29 is 8.42 Å². The van der Waals surface area contributed by atoms with Crippen molar-refractivity contribution in [1.82, 2.24) is 4.72 Å². The zero-order valence-electron chi connectivity index (χ0n) is 11.6. The Morgan fingerprint density at radius 1 is 1.45 bits per heavy atom. The van der Waals surface area contributed by atoms with E-state index in [-0.39, 0.29) is 16.8 Å². The second-order valence-corrected chi connectivity index (χ2v) is 7.56. The van der Waals surface area contributed by atoms with Gasteiger partial charge in [0.05, 0.1) is 5.75 Å². The number of thiocarbonyl (C=S) groups is 1. The molecule has 7 heteroatoms. The predicted molar refractivity (Wildman–Crippen MR) is 90.5 cm³/mol. The summed E-state index contributed by atoms with van der Waals surface area (Å²) in [4.78, 5) is 0.215. The van der Waals surface area contributed by atoms with E-state index in [4.69, 9.17) is 18.0 Å². The third kappa shape index (κ3) is 5.40. The third-order valence-electron chi connectivity index (χ3n) is 2.84. The van der Waals surface area contributed by atoms with Crippen molar-refractivity contribution in [1.29, 1.82) is 0 Å². The Balaban J connectivity index is 2.89. The van der Waals surface area contributed by atoms with Crippen molar-refractivity contribution in [3.63, 3.8) is 0 Å². The summed E-state index contributed by atoms with van der Waals surface area (Å²) in [7, 11) is -3.40. The summed E-state index contributed by atoms with van der Waals surface area (Å²) in [5.74, 6) is 0.651. The molecule has 0 saturated heterocycles. The highest BCUT2D eigenvalue weighted by Crippen LogP contribution is 2.13. The molecular formula is C13H20N2O2S3. The summed E-state index contributed by atoms with van der Waals surface area (Å²) < 4.78 is 27.2. The van der Waals surface area contributed by atoms with Crippen LogP contribution in [0.3, 0.4) is 0 Å². The number of hydrogen-bond acceptors (Lipinski definition) is 4. The molecule has 0 fully saturated rings. The topological polar surface area (TPSA) is 72.2 Å². The summed E-state index contributed by atoms with van der Waals surface area (Å²) in [5, 5.41) is 0. The number of hydrogen-bond donors (Lipinski definition) is 2. The highest BCUT2D eigenvalue weighted by molar-refractivity contribution is 7.98. The summed E-state index contributed by atoms with van der Waals surface area (Å²) >= 11 is 6.57. The molecular weight excluding hydrogens is 312 g/mol. The molecule has 1 aromatic carbocycles. The lowest BCUT2D eigenvalue weighted by molar-refractivity contribution is 0.557. The molecule has 0 amide bonds. The van der Waals surface area contributed by atoms with Crippen LogP contribution in [0.1, 0.15) is 24.5 Å². The fourth-order valence-electron chi connectivity index (χ4n) is 1.82. The van der Waals surface area contributed by atoms with Gasteiger partial charge in [0.25, 0.3) is 0 Å². The summed E-state index contributed by atoms with van der Waals surface area (Å²) in [6.45, 7) is 1.96. The maximum atomic E-state index is 12.2. The zero-order valence-corrected chi connectivity index (χ0v) is 14.1. The lowest BCUT2D eigenvalue weighted by Crippen LogP contribution is -2.37. The highest BCUT2D eigenvalue weighted by Gasteiger charge is 2.18. The number of nitrogens with two attached hydrogens (primary N) is 1. The summed E-state index contributed by atoms with van der Waals surface area (Å²) in [6.07, 6.45) is 2.72. The van der Waals surface area contributed by atoms with Crippen molar-refractivity contribution >= 4 is 39.0 Å². The molecule has 0 aliphatic heterocycles. The molecule has 0 heterocycles. The number of rotatable bonds is 8. The van der Waals surface area contributed by atoms with Crippen LogP contribution >= 0.6 is 24.0 Å². The Hall–Kier alpha value is -0.630. The van der Waals surface area contributed by atoms with Gasteiger partial charge in [-0.1, -0.05) is 43.4 Å². The second kappa shape index (κ2) is 7.97. The van der Waals surface area contributed by atoms with Crippen molar-refractivity contribution in [2.24, 2.45) is 5.73 Å². The molecule has 1 atom stereocenters. The van der Waals surface area contributed by atoms with Crippen LogP contribution in [0.25, 0.3) is 0 Å². The van der Waals surface area contributed by atoms with Gasteiger partial charge in [0.15, 0.2) is 0 Å². The fraction of sp³-hybridized carbons (Fsp3) is 0.462. The van der Waals surface area contributed by atoms with E-state index >= 15 is 0 Å². The van der Waals surface area contributed by atoms with Gasteiger partial charge in [-0.05, 0) is 18.2 Å². The lowest BCUT2D eigenvalue weighted by atomic mass is 10.1. The molecule has 0 saturated carbocycles. The number of thioether (sulfide) groups is 1. The molecule has 4 nitrogen and oxygen atoms in total. The lowest BCUT2D eigenvalue weighted by Gasteiger charge is -2.16. The van der Waals surface area contributed by atoms with Crippen molar-refractivity contribution in [2.75, 3.05) is 12.0 Å².